The second-order valence-corrected chi connectivity index (χ2v) is 7.82. The van der Waals surface area contributed by atoms with Gasteiger partial charge in [0.1, 0.15) is 12.1 Å². The quantitative estimate of drug-likeness (QED) is 0.818. The zero-order valence-corrected chi connectivity index (χ0v) is 15.1. The minimum absolute atomic E-state index is 0.0949. The number of imide groups is 1. The van der Waals surface area contributed by atoms with Crippen molar-refractivity contribution < 1.29 is 14.4 Å². The summed E-state index contributed by atoms with van der Waals surface area (Å²) in [6.07, 6.45) is 6.84. The topological polar surface area (TPSA) is 78.5 Å². The van der Waals surface area contributed by atoms with E-state index in [-0.39, 0.29) is 24.3 Å². The highest BCUT2D eigenvalue weighted by atomic mass is 16.2. The van der Waals surface area contributed by atoms with Crippen LogP contribution in [0.5, 0.6) is 0 Å². The molecule has 0 radical (unpaired) electrons. The third-order valence-electron chi connectivity index (χ3n) is 6.19. The maximum atomic E-state index is 12.9. The first-order valence-electron chi connectivity index (χ1n) is 9.55. The van der Waals surface area contributed by atoms with Gasteiger partial charge in [-0.1, -0.05) is 25.8 Å². The zero-order chi connectivity index (χ0) is 18.3. The van der Waals surface area contributed by atoms with E-state index in [0.29, 0.717) is 6.42 Å². The van der Waals surface area contributed by atoms with Gasteiger partial charge in [-0.3, -0.25) is 14.5 Å². The van der Waals surface area contributed by atoms with E-state index in [4.69, 9.17) is 0 Å². The highest BCUT2D eigenvalue weighted by molar-refractivity contribution is 6.10. The van der Waals surface area contributed by atoms with E-state index in [0.717, 1.165) is 49.1 Å². The highest BCUT2D eigenvalue weighted by Crippen LogP contribution is 2.38. The first kappa shape index (κ1) is 17.1. The largest absolute Gasteiger partial charge is 0.325 e. The Hall–Kier alpha value is -2.37. The van der Waals surface area contributed by atoms with Crippen molar-refractivity contribution in [1.82, 2.24) is 10.2 Å². The Labute approximate surface area is 153 Å². The molecule has 1 aromatic rings. The Morgan fingerprint density at radius 1 is 1.23 bits per heavy atom. The maximum absolute atomic E-state index is 12.9. The van der Waals surface area contributed by atoms with Gasteiger partial charge in [0, 0.05) is 5.69 Å². The van der Waals surface area contributed by atoms with Crippen LogP contribution >= 0.6 is 0 Å². The average Bonchev–Trinajstić information content (AvgIpc) is 3.16. The Balaban J connectivity index is 1.44. The van der Waals surface area contributed by atoms with Crippen molar-refractivity contribution >= 4 is 23.5 Å². The first-order chi connectivity index (χ1) is 12.5. The summed E-state index contributed by atoms with van der Waals surface area (Å²) in [7, 11) is 0. The van der Waals surface area contributed by atoms with Gasteiger partial charge >= 0.3 is 6.03 Å². The second kappa shape index (κ2) is 6.41. The number of nitrogens with zero attached hydrogens (tertiary/aromatic N) is 1. The zero-order valence-electron chi connectivity index (χ0n) is 15.1. The van der Waals surface area contributed by atoms with Gasteiger partial charge in [0.2, 0.25) is 5.91 Å². The van der Waals surface area contributed by atoms with E-state index in [1.54, 1.807) is 0 Å². The molecule has 0 unspecified atom stereocenters. The van der Waals surface area contributed by atoms with Crippen LogP contribution in [0, 0.1) is 5.92 Å². The number of aryl methyl sites for hydroxylation is 2. The van der Waals surface area contributed by atoms with Gasteiger partial charge in [0.25, 0.3) is 5.91 Å². The predicted molar refractivity (Wildman–Crippen MR) is 97.7 cm³/mol. The van der Waals surface area contributed by atoms with Crippen molar-refractivity contribution in [3.8, 4) is 0 Å². The molecule has 2 aliphatic carbocycles. The SMILES string of the molecule is C[C@@H]1CCCC[C@]12NC(=O)N(CC(=O)Nc1ccc3c(c1)CCC3)C2=O. The summed E-state index contributed by atoms with van der Waals surface area (Å²) >= 11 is 0. The lowest BCUT2D eigenvalue weighted by molar-refractivity contribution is -0.136. The lowest BCUT2D eigenvalue weighted by Gasteiger charge is -2.36. The fourth-order valence-electron chi connectivity index (χ4n) is 4.63. The van der Waals surface area contributed by atoms with Crippen LogP contribution in [0.1, 0.15) is 50.2 Å². The van der Waals surface area contributed by atoms with Gasteiger partial charge in [0.15, 0.2) is 0 Å². The molecule has 1 spiro atoms. The summed E-state index contributed by atoms with van der Waals surface area (Å²) in [6, 6.07) is 5.48. The third-order valence-corrected chi connectivity index (χ3v) is 6.19. The smallest absolute Gasteiger partial charge is 0.325 e. The Kier molecular flexibility index (Phi) is 4.21. The highest BCUT2D eigenvalue weighted by Gasteiger charge is 2.55. The minimum Gasteiger partial charge on any atom is -0.325 e. The first-order valence-corrected chi connectivity index (χ1v) is 9.55. The Morgan fingerprint density at radius 2 is 2.04 bits per heavy atom. The molecular weight excluding hydrogens is 330 g/mol. The van der Waals surface area contributed by atoms with Crippen molar-refractivity contribution in [3.63, 3.8) is 0 Å². The molecule has 4 amide bonds. The lowest BCUT2D eigenvalue weighted by atomic mass is 9.73. The molecule has 2 fully saturated rings. The normalized spacial score (nSPS) is 27.6. The van der Waals surface area contributed by atoms with Crippen LogP contribution in [0.15, 0.2) is 18.2 Å². The minimum atomic E-state index is -0.816. The van der Waals surface area contributed by atoms with Gasteiger partial charge in [-0.25, -0.2) is 4.79 Å². The molecule has 3 aliphatic rings. The summed E-state index contributed by atoms with van der Waals surface area (Å²) in [5.74, 6) is -0.497. The molecule has 6 nitrogen and oxygen atoms in total. The molecule has 6 heteroatoms. The van der Waals surface area contributed by atoms with E-state index in [1.165, 1.54) is 11.1 Å². The molecule has 26 heavy (non-hydrogen) atoms. The number of hydrogen-bond acceptors (Lipinski definition) is 3. The standard InChI is InChI=1S/C20H25N3O3/c1-13-5-2-3-10-20(13)18(25)23(19(26)22-20)12-17(24)21-16-9-8-14-6-4-7-15(14)11-16/h8-9,11,13H,2-7,10,12H2,1H3,(H,21,24)(H,22,26)/t13-,20+/m1/s1. The third kappa shape index (κ3) is 2.77. The fraction of sp³-hybridized carbons (Fsp3) is 0.550. The number of rotatable bonds is 3. The Bertz CT molecular complexity index is 776. The van der Waals surface area contributed by atoms with E-state index < -0.39 is 11.6 Å². The molecule has 0 aromatic heterocycles. The molecule has 0 bridgehead atoms. The number of carbonyl (C=O) groups is 3. The van der Waals surface area contributed by atoms with Crippen LogP contribution < -0.4 is 10.6 Å². The lowest BCUT2D eigenvalue weighted by Crippen LogP contribution is -2.54. The Morgan fingerprint density at radius 3 is 2.85 bits per heavy atom. The summed E-state index contributed by atoms with van der Waals surface area (Å²) < 4.78 is 0. The summed E-state index contributed by atoms with van der Waals surface area (Å²) in [5.41, 5.74) is 2.52. The predicted octanol–water partition coefficient (Wildman–Crippen LogP) is 2.61. The van der Waals surface area contributed by atoms with Crippen LogP contribution in [0.2, 0.25) is 0 Å². The maximum Gasteiger partial charge on any atom is 0.325 e. The van der Waals surface area contributed by atoms with Gasteiger partial charge in [-0.2, -0.15) is 0 Å². The number of carbonyl (C=O) groups excluding carboxylic acids is 3. The van der Waals surface area contributed by atoms with Crippen molar-refractivity contribution in [2.24, 2.45) is 5.92 Å². The molecule has 1 aliphatic heterocycles. The van der Waals surface area contributed by atoms with Crippen molar-refractivity contribution in [2.45, 2.75) is 57.4 Å². The molecule has 2 atom stereocenters. The van der Waals surface area contributed by atoms with Gasteiger partial charge < -0.3 is 10.6 Å². The average molecular weight is 355 g/mol. The van der Waals surface area contributed by atoms with Crippen LogP contribution in [0.4, 0.5) is 10.5 Å². The summed E-state index contributed by atoms with van der Waals surface area (Å²) in [6.45, 7) is 1.77. The van der Waals surface area contributed by atoms with Gasteiger partial charge in [-0.05, 0) is 61.3 Å². The molecule has 138 valence electrons. The summed E-state index contributed by atoms with van der Waals surface area (Å²) in [5, 5.41) is 5.71. The second-order valence-electron chi connectivity index (χ2n) is 7.82. The number of urea groups is 1. The van der Waals surface area contributed by atoms with Crippen molar-refractivity contribution in [1.29, 1.82) is 0 Å². The number of hydrogen-bond donors (Lipinski definition) is 2. The number of fused-ring (bicyclic) bond motifs is 1. The molecule has 4 rings (SSSR count). The van der Waals surface area contributed by atoms with Crippen LogP contribution in [-0.2, 0) is 22.4 Å². The van der Waals surface area contributed by atoms with Crippen LogP contribution in [0.3, 0.4) is 0 Å². The van der Waals surface area contributed by atoms with E-state index in [2.05, 4.69) is 10.6 Å². The number of benzene rings is 1. The molecule has 1 aromatic carbocycles. The molecule has 1 saturated carbocycles. The number of anilines is 1. The molecule has 1 saturated heterocycles. The van der Waals surface area contributed by atoms with Gasteiger partial charge in [-0.15, -0.1) is 0 Å². The van der Waals surface area contributed by atoms with Crippen molar-refractivity contribution in [3.05, 3.63) is 29.3 Å². The monoisotopic (exact) mass is 355 g/mol. The van der Waals surface area contributed by atoms with Gasteiger partial charge in [0.05, 0.1) is 0 Å². The number of nitrogens with one attached hydrogen (secondary N) is 2. The number of amides is 4. The van der Waals surface area contributed by atoms with Crippen LogP contribution in [-0.4, -0.2) is 34.8 Å². The fourth-order valence-corrected chi connectivity index (χ4v) is 4.63. The summed E-state index contributed by atoms with van der Waals surface area (Å²) in [4.78, 5) is 38.8. The van der Waals surface area contributed by atoms with Crippen LogP contribution in [0.25, 0.3) is 0 Å². The molecular formula is C20H25N3O3. The van der Waals surface area contributed by atoms with E-state index >= 15 is 0 Å². The van der Waals surface area contributed by atoms with E-state index in [1.807, 2.05) is 25.1 Å². The molecule has 2 N–H and O–H groups in total. The van der Waals surface area contributed by atoms with Crippen molar-refractivity contribution in [2.75, 3.05) is 11.9 Å². The molecule has 1 heterocycles. The van der Waals surface area contributed by atoms with E-state index in [9.17, 15) is 14.4 Å².